The van der Waals surface area contributed by atoms with Gasteiger partial charge in [-0.1, -0.05) is 30.3 Å². The van der Waals surface area contributed by atoms with Crippen molar-refractivity contribution in [2.75, 3.05) is 14.2 Å². The molecule has 3 amide bonds. The molecule has 2 aromatic carbocycles. The maximum absolute atomic E-state index is 12.6. The fourth-order valence-corrected chi connectivity index (χ4v) is 3.19. The van der Waals surface area contributed by atoms with Gasteiger partial charge in [-0.05, 0) is 41.1 Å². The van der Waals surface area contributed by atoms with Crippen LogP contribution >= 0.6 is 15.9 Å². The highest BCUT2D eigenvalue weighted by atomic mass is 79.9. The summed E-state index contributed by atoms with van der Waals surface area (Å²) in [6.45, 7) is 2.01. The average Bonchev–Trinajstić information content (AvgIpc) is 2.66. The first-order chi connectivity index (χ1) is 12.5. The summed E-state index contributed by atoms with van der Waals surface area (Å²) in [4.78, 5) is 24.2. The van der Waals surface area contributed by atoms with E-state index in [0.717, 1.165) is 21.3 Å². The van der Waals surface area contributed by atoms with Crippen molar-refractivity contribution in [1.29, 1.82) is 0 Å². The molecule has 26 heavy (non-hydrogen) atoms. The fourth-order valence-electron chi connectivity index (χ4n) is 2.63. The number of methoxy groups -OCH3 is 1. The number of hydrogen-bond donors (Lipinski definition) is 3. The molecule has 0 fully saturated rings. The molecule has 7 heteroatoms. The van der Waals surface area contributed by atoms with E-state index in [1.165, 1.54) is 7.05 Å². The zero-order valence-electron chi connectivity index (χ0n) is 15.0. The molecule has 2 rings (SSSR count). The Kier molecular flexibility index (Phi) is 7.17. The SMILES string of the molecule is CNC(=O)NC(=O)[C@H]([NH2+][C@@H](C)c1ccc(OC)c(Br)c1)c1ccccc1. The summed E-state index contributed by atoms with van der Waals surface area (Å²) in [5.41, 5.74) is 1.86. The van der Waals surface area contributed by atoms with Crippen molar-refractivity contribution in [3.63, 3.8) is 0 Å². The molecule has 138 valence electrons. The Morgan fingerprint density at radius 2 is 1.81 bits per heavy atom. The van der Waals surface area contributed by atoms with E-state index in [0.29, 0.717) is 0 Å². The molecule has 0 saturated heterocycles. The third-order valence-corrected chi connectivity index (χ3v) is 4.71. The van der Waals surface area contributed by atoms with Gasteiger partial charge in [-0.25, -0.2) is 4.79 Å². The van der Waals surface area contributed by atoms with E-state index >= 15 is 0 Å². The van der Waals surface area contributed by atoms with Gasteiger partial charge in [0.05, 0.1) is 11.6 Å². The fraction of sp³-hybridized carbons (Fsp3) is 0.263. The monoisotopic (exact) mass is 420 g/mol. The number of hydrogen-bond acceptors (Lipinski definition) is 3. The number of amides is 3. The highest BCUT2D eigenvalue weighted by Gasteiger charge is 2.28. The lowest BCUT2D eigenvalue weighted by Gasteiger charge is -2.20. The Bertz CT molecular complexity index is 768. The van der Waals surface area contributed by atoms with E-state index in [9.17, 15) is 9.59 Å². The Balaban J connectivity index is 2.24. The van der Waals surface area contributed by atoms with Crippen LogP contribution in [0.3, 0.4) is 0 Å². The maximum Gasteiger partial charge on any atom is 0.321 e. The minimum atomic E-state index is -0.552. The first-order valence-electron chi connectivity index (χ1n) is 8.22. The van der Waals surface area contributed by atoms with E-state index in [2.05, 4.69) is 26.6 Å². The average molecular weight is 421 g/mol. The number of halogens is 1. The van der Waals surface area contributed by atoms with Crippen LogP contribution in [0.1, 0.15) is 30.1 Å². The van der Waals surface area contributed by atoms with E-state index in [1.807, 2.05) is 60.8 Å². The summed E-state index contributed by atoms with van der Waals surface area (Å²) in [5.74, 6) is 0.382. The van der Waals surface area contributed by atoms with Gasteiger partial charge in [-0.2, -0.15) is 0 Å². The standard InChI is InChI=1S/C19H22BrN3O3/c1-12(14-9-10-16(26-3)15(20)11-14)22-17(13-7-5-4-6-8-13)18(24)23-19(25)21-2/h4-12,17,22H,1-3H3,(H2,21,23,24,25)/p+1/t12-,17+/m0/s1. The minimum Gasteiger partial charge on any atom is -0.496 e. The van der Waals surface area contributed by atoms with Crippen LogP contribution in [0.5, 0.6) is 5.75 Å². The van der Waals surface area contributed by atoms with Crippen LogP contribution in [0.2, 0.25) is 0 Å². The van der Waals surface area contributed by atoms with Crippen molar-refractivity contribution >= 4 is 27.9 Å². The number of quaternary nitrogens is 1. The van der Waals surface area contributed by atoms with Gasteiger partial charge in [-0.15, -0.1) is 0 Å². The Hall–Kier alpha value is -2.38. The normalized spacial score (nSPS) is 12.8. The number of benzene rings is 2. The molecule has 0 aliphatic heterocycles. The third kappa shape index (κ3) is 5.06. The van der Waals surface area contributed by atoms with Crippen molar-refractivity contribution in [3.8, 4) is 5.75 Å². The lowest BCUT2D eigenvalue weighted by molar-refractivity contribution is -0.719. The summed E-state index contributed by atoms with van der Waals surface area (Å²) < 4.78 is 6.11. The summed E-state index contributed by atoms with van der Waals surface area (Å²) in [6.07, 6.45) is 0. The molecular weight excluding hydrogens is 398 g/mol. The third-order valence-electron chi connectivity index (χ3n) is 4.09. The molecule has 6 nitrogen and oxygen atoms in total. The number of nitrogens with two attached hydrogens (primary N) is 1. The number of rotatable bonds is 6. The molecule has 4 N–H and O–H groups in total. The second-order valence-corrected chi connectivity index (χ2v) is 6.69. The molecule has 0 spiro atoms. The Labute approximate surface area is 161 Å². The summed E-state index contributed by atoms with van der Waals surface area (Å²) in [6, 6.07) is 14.1. The van der Waals surface area contributed by atoms with Gasteiger partial charge >= 0.3 is 6.03 Å². The molecular formula is C19H23BrN3O3+. The van der Waals surface area contributed by atoms with Gasteiger partial charge in [0.2, 0.25) is 0 Å². The van der Waals surface area contributed by atoms with Crippen LogP contribution in [0.15, 0.2) is 53.0 Å². The van der Waals surface area contributed by atoms with Gasteiger partial charge in [0, 0.05) is 18.2 Å². The number of carbonyl (C=O) groups is 2. The minimum absolute atomic E-state index is 0.0159. The highest BCUT2D eigenvalue weighted by molar-refractivity contribution is 9.10. The quantitative estimate of drug-likeness (QED) is 0.669. The molecule has 0 aliphatic carbocycles. The van der Waals surface area contributed by atoms with Gasteiger partial charge in [-0.3, -0.25) is 10.1 Å². The predicted molar refractivity (Wildman–Crippen MR) is 103 cm³/mol. The number of ether oxygens (including phenoxy) is 1. The molecule has 2 aromatic rings. The van der Waals surface area contributed by atoms with Crippen LogP contribution < -0.4 is 20.7 Å². The zero-order chi connectivity index (χ0) is 19.1. The van der Waals surface area contributed by atoms with Crippen LogP contribution in [-0.2, 0) is 4.79 Å². The molecule has 0 saturated carbocycles. The van der Waals surface area contributed by atoms with Crippen LogP contribution in [-0.4, -0.2) is 26.1 Å². The zero-order valence-corrected chi connectivity index (χ0v) is 16.5. The second-order valence-electron chi connectivity index (χ2n) is 5.83. The summed E-state index contributed by atoms with van der Waals surface area (Å²) in [5, 5.41) is 6.70. The highest BCUT2D eigenvalue weighted by Crippen LogP contribution is 2.27. The lowest BCUT2D eigenvalue weighted by atomic mass is 10.0. The first kappa shape index (κ1) is 19.9. The summed E-state index contributed by atoms with van der Waals surface area (Å²) >= 11 is 3.49. The Morgan fingerprint density at radius 3 is 2.38 bits per heavy atom. The molecule has 0 unspecified atom stereocenters. The van der Waals surface area contributed by atoms with Gasteiger partial charge in [0.15, 0.2) is 6.04 Å². The van der Waals surface area contributed by atoms with Crippen molar-refractivity contribution < 1.29 is 19.6 Å². The number of nitrogens with one attached hydrogen (secondary N) is 2. The molecule has 0 bridgehead atoms. The van der Waals surface area contributed by atoms with Gasteiger partial charge in [0.1, 0.15) is 11.8 Å². The van der Waals surface area contributed by atoms with E-state index in [1.54, 1.807) is 7.11 Å². The van der Waals surface area contributed by atoms with E-state index in [4.69, 9.17) is 4.74 Å². The van der Waals surface area contributed by atoms with E-state index < -0.39 is 12.1 Å². The smallest absolute Gasteiger partial charge is 0.321 e. The van der Waals surface area contributed by atoms with Crippen molar-refractivity contribution in [3.05, 3.63) is 64.1 Å². The first-order valence-corrected chi connectivity index (χ1v) is 9.01. The molecule has 0 aromatic heterocycles. The van der Waals surface area contributed by atoms with Gasteiger partial charge in [0.25, 0.3) is 5.91 Å². The predicted octanol–water partition coefficient (Wildman–Crippen LogP) is 2.28. The number of urea groups is 1. The molecule has 0 aliphatic rings. The molecule has 2 atom stereocenters. The van der Waals surface area contributed by atoms with Crippen LogP contribution in [0.25, 0.3) is 0 Å². The van der Waals surface area contributed by atoms with Crippen molar-refractivity contribution in [2.24, 2.45) is 0 Å². The second kappa shape index (κ2) is 9.35. The Morgan fingerprint density at radius 1 is 1.12 bits per heavy atom. The number of carbonyl (C=O) groups excluding carboxylic acids is 2. The van der Waals surface area contributed by atoms with Crippen molar-refractivity contribution in [2.45, 2.75) is 19.0 Å². The van der Waals surface area contributed by atoms with Crippen LogP contribution in [0.4, 0.5) is 4.79 Å². The van der Waals surface area contributed by atoms with E-state index in [-0.39, 0.29) is 11.9 Å². The topological polar surface area (TPSA) is 84.0 Å². The largest absolute Gasteiger partial charge is 0.496 e. The molecule has 0 radical (unpaired) electrons. The van der Waals surface area contributed by atoms with Gasteiger partial charge < -0.3 is 15.4 Å². The summed E-state index contributed by atoms with van der Waals surface area (Å²) in [7, 11) is 3.09. The number of imide groups is 1. The van der Waals surface area contributed by atoms with Crippen molar-refractivity contribution in [1.82, 2.24) is 10.6 Å². The molecule has 0 heterocycles. The maximum atomic E-state index is 12.6. The lowest BCUT2D eigenvalue weighted by Crippen LogP contribution is -2.88. The van der Waals surface area contributed by atoms with Crippen LogP contribution in [0, 0.1) is 0 Å².